The maximum absolute atomic E-state index is 12.4. The summed E-state index contributed by atoms with van der Waals surface area (Å²) >= 11 is 5.00. The minimum Gasteiger partial charge on any atom is -0.294 e. The maximum atomic E-state index is 12.4. The highest BCUT2D eigenvalue weighted by atomic mass is 79.9. The first-order chi connectivity index (χ1) is 9.63. The standard InChI is InChI=1S/C16H12BrNOS/c1-10-6-7-11(17)8-12(10)14(19)9-16-18-13-4-2-3-5-15(13)20-16/h2-8H,9H2,1H3. The van der Waals surface area contributed by atoms with Crippen molar-refractivity contribution in [2.24, 2.45) is 0 Å². The topological polar surface area (TPSA) is 30.0 Å². The van der Waals surface area contributed by atoms with Gasteiger partial charge in [-0.05, 0) is 36.8 Å². The number of thiazole rings is 1. The largest absolute Gasteiger partial charge is 0.294 e. The fraction of sp³-hybridized carbons (Fsp3) is 0.125. The van der Waals surface area contributed by atoms with Crippen LogP contribution in [-0.4, -0.2) is 10.8 Å². The number of benzene rings is 2. The molecule has 0 aliphatic carbocycles. The molecule has 2 aromatic carbocycles. The predicted octanol–water partition coefficient (Wildman–Crippen LogP) is 4.79. The molecule has 0 saturated carbocycles. The predicted molar refractivity (Wildman–Crippen MR) is 86.5 cm³/mol. The Kier molecular flexibility index (Phi) is 3.68. The van der Waals surface area contributed by atoms with Crippen LogP contribution in [0.3, 0.4) is 0 Å². The zero-order valence-corrected chi connectivity index (χ0v) is 13.3. The molecule has 100 valence electrons. The van der Waals surface area contributed by atoms with Gasteiger partial charge in [-0.2, -0.15) is 0 Å². The lowest BCUT2D eigenvalue weighted by atomic mass is 10.0. The number of aryl methyl sites for hydroxylation is 1. The normalized spacial score (nSPS) is 10.9. The van der Waals surface area contributed by atoms with E-state index < -0.39 is 0 Å². The first-order valence-electron chi connectivity index (χ1n) is 6.27. The molecule has 3 rings (SSSR count). The molecule has 0 unspecified atom stereocenters. The number of aromatic nitrogens is 1. The highest BCUT2D eigenvalue weighted by Crippen LogP contribution is 2.24. The van der Waals surface area contributed by atoms with Gasteiger partial charge in [0.05, 0.1) is 16.6 Å². The molecule has 0 fully saturated rings. The van der Waals surface area contributed by atoms with E-state index in [1.54, 1.807) is 11.3 Å². The Morgan fingerprint density at radius 1 is 1.25 bits per heavy atom. The van der Waals surface area contributed by atoms with Crippen LogP contribution in [0.1, 0.15) is 20.9 Å². The molecular formula is C16H12BrNOS. The monoisotopic (exact) mass is 345 g/mol. The Morgan fingerprint density at radius 3 is 2.85 bits per heavy atom. The number of para-hydroxylation sites is 1. The van der Waals surface area contributed by atoms with Crippen LogP contribution in [0.2, 0.25) is 0 Å². The third kappa shape index (κ3) is 2.67. The van der Waals surface area contributed by atoms with E-state index in [0.29, 0.717) is 6.42 Å². The number of hydrogen-bond acceptors (Lipinski definition) is 3. The van der Waals surface area contributed by atoms with Crippen molar-refractivity contribution in [1.29, 1.82) is 0 Å². The van der Waals surface area contributed by atoms with Gasteiger partial charge in [0.2, 0.25) is 0 Å². The molecule has 0 bridgehead atoms. The van der Waals surface area contributed by atoms with Crippen LogP contribution in [0, 0.1) is 6.92 Å². The number of nitrogens with zero attached hydrogens (tertiary/aromatic N) is 1. The molecule has 1 heterocycles. The molecule has 1 aromatic heterocycles. The zero-order chi connectivity index (χ0) is 14.1. The summed E-state index contributed by atoms with van der Waals surface area (Å²) in [7, 11) is 0. The third-order valence-corrected chi connectivity index (χ3v) is 4.68. The number of halogens is 1. The van der Waals surface area contributed by atoms with Gasteiger partial charge >= 0.3 is 0 Å². The van der Waals surface area contributed by atoms with E-state index in [2.05, 4.69) is 20.9 Å². The van der Waals surface area contributed by atoms with Crippen LogP contribution < -0.4 is 0 Å². The summed E-state index contributed by atoms with van der Waals surface area (Å²) in [6, 6.07) is 13.7. The minimum atomic E-state index is 0.114. The van der Waals surface area contributed by atoms with Gasteiger partial charge in [-0.25, -0.2) is 4.98 Å². The van der Waals surface area contributed by atoms with Gasteiger partial charge in [-0.15, -0.1) is 11.3 Å². The van der Waals surface area contributed by atoms with E-state index in [0.717, 1.165) is 30.8 Å². The average molecular weight is 346 g/mol. The Labute approximate surface area is 129 Å². The molecule has 0 spiro atoms. The Morgan fingerprint density at radius 2 is 2.05 bits per heavy atom. The highest BCUT2D eigenvalue weighted by molar-refractivity contribution is 9.10. The van der Waals surface area contributed by atoms with Gasteiger partial charge < -0.3 is 0 Å². The molecule has 0 atom stereocenters. The second-order valence-electron chi connectivity index (χ2n) is 4.63. The second-order valence-corrected chi connectivity index (χ2v) is 6.67. The van der Waals surface area contributed by atoms with E-state index in [9.17, 15) is 4.79 Å². The lowest BCUT2D eigenvalue weighted by Crippen LogP contribution is -2.05. The summed E-state index contributed by atoms with van der Waals surface area (Å²) in [4.78, 5) is 16.9. The van der Waals surface area contributed by atoms with Crippen LogP contribution in [0.4, 0.5) is 0 Å². The van der Waals surface area contributed by atoms with Crippen molar-refractivity contribution in [3.05, 3.63) is 63.1 Å². The van der Waals surface area contributed by atoms with Crippen LogP contribution in [0.5, 0.6) is 0 Å². The number of rotatable bonds is 3. The molecule has 2 nitrogen and oxygen atoms in total. The number of ketones is 1. The molecule has 0 radical (unpaired) electrons. The number of Topliss-reactive ketones (excluding diaryl/α,β-unsaturated/α-hetero) is 1. The zero-order valence-electron chi connectivity index (χ0n) is 10.9. The first-order valence-corrected chi connectivity index (χ1v) is 7.88. The van der Waals surface area contributed by atoms with Gasteiger partial charge in [0.25, 0.3) is 0 Å². The number of fused-ring (bicyclic) bond motifs is 1. The lowest BCUT2D eigenvalue weighted by molar-refractivity contribution is 0.0992. The minimum absolute atomic E-state index is 0.114. The highest BCUT2D eigenvalue weighted by Gasteiger charge is 2.13. The Hall–Kier alpha value is -1.52. The molecule has 4 heteroatoms. The Balaban J connectivity index is 1.90. The molecule has 3 aromatic rings. The summed E-state index contributed by atoms with van der Waals surface area (Å²) in [5, 5.41) is 0.871. The summed E-state index contributed by atoms with van der Waals surface area (Å²) in [5.74, 6) is 0.114. The number of carbonyl (C=O) groups excluding carboxylic acids is 1. The Bertz CT molecular complexity index is 761. The van der Waals surface area contributed by atoms with Crippen molar-refractivity contribution in [2.45, 2.75) is 13.3 Å². The van der Waals surface area contributed by atoms with Crippen molar-refractivity contribution in [2.75, 3.05) is 0 Å². The van der Waals surface area contributed by atoms with Crippen molar-refractivity contribution >= 4 is 43.3 Å². The summed E-state index contributed by atoms with van der Waals surface area (Å²) in [6.07, 6.45) is 0.358. The van der Waals surface area contributed by atoms with Gasteiger partial charge in [-0.1, -0.05) is 34.1 Å². The summed E-state index contributed by atoms with van der Waals surface area (Å²) in [5.41, 5.74) is 2.73. The molecule has 20 heavy (non-hydrogen) atoms. The number of carbonyl (C=O) groups is 1. The van der Waals surface area contributed by atoms with Crippen LogP contribution in [0.15, 0.2) is 46.9 Å². The lowest BCUT2D eigenvalue weighted by Gasteiger charge is -2.04. The molecule has 0 aliphatic rings. The van der Waals surface area contributed by atoms with E-state index in [1.807, 2.05) is 49.4 Å². The quantitative estimate of drug-likeness (QED) is 0.638. The SMILES string of the molecule is Cc1ccc(Br)cc1C(=O)Cc1nc2ccccc2s1. The summed E-state index contributed by atoms with van der Waals surface area (Å²) < 4.78 is 2.05. The molecule has 0 N–H and O–H groups in total. The molecule has 0 saturated heterocycles. The maximum Gasteiger partial charge on any atom is 0.169 e. The van der Waals surface area contributed by atoms with E-state index in [-0.39, 0.29) is 5.78 Å². The molecular weight excluding hydrogens is 334 g/mol. The fourth-order valence-corrected chi connectivity index (χ4v) is 3.45. The van der Waals surface area contributed by atoms with Crippen LogP contribution >= 0.6 is 27.3 Å². The van der Waals surface area contributed by atoms with Crippen molar-refractivity contribution in [3.8, 4) is 0 Å². The second kappa shape index (κ2) is 5.46. The van der Waals surface area contributed by atoms with Gasteiger partial charge in [0.15, 0.2) is 5.78 Å². The van der Waals surface area contributed by atoms with Crippen molar-refractivity contribution < 1.29 is 4.79 Å². The smallest absolute Gasteiger partial charge is 0.169 e. The van der Waals surface area contributed by atoms with E-state index in [1.165, 1.54) is 0 Å². The van der Waals surface area contributed by atoms with E-state index in [4.69, 9.17) is 0 Å². The van der Waals surface area contributed by atoms with Gasteiger partial charge in [-0.3, -0.25) is 4.79 Å². The van der Waals surface area contributed by atoms with Crippen molar-refractivity contribution in [1.82, 2.24) is 4.98 Å². The molecule has 0 amide bonds. The average Bonchev–Trinajstić information content (AvgIpc) is 2.83. The van der Waals surface area contributed by atoms with Crippen LogP contribution in [0.25, 0.3) is 10.2 Å². The fourth-order valence-electron chi connectivity index (χ4n) is 2.12. The van der Waals surface area contributed by atoms with Gasteiger partial charge in [0, 0.05) is 10.0 Å². The molecule has 0 aliphatic heterocycles. The van der Waals surface area contributed by atoms with Gasteiger partial charge in [0.1, 0.15) is 5.01 Å². The van der Waals surface area contributed by atoms with Crippen LogP contribution in [-0.2, 0) is 6.42 Å². The summed E-state index contributed by atoms with van der Waals surface area (Å²) in [6.45, 7) is 1.96. The first kappa shape index (κ1) is 13.5. The van der Waals surface area contributed by atoms with Crippen molar-refractivity contribution in [3.63, 3.8) is 0 Å². The number of hydrogen-bond donors (Lipinski definition) is 0. The van der Waals surface area contributed by atoms with E-state index >= 15 is 0 Å². The third-order valence-electron chi connectivity index (χ3n) is 3.15.